The summed E-state index contributed by atoms with van der Waals surface area (Å²) in [6.45, 7) is 3.29. The topological polar surface area (TPSA) is 28.2 Å². The van der Waals surface area contributed by atoms with Crippen LogP contribution in [0.5, 0.6) is 0 Å². The number of anilines is 1. The Bertz CT molecular complexity index is 423. The summed E-state index contributed by atoms with van der Waals surface area (Å²) in [6, 6.07) is 2.19. The second kappa shape index (κ2) is 5.17. The van der Waals surface area contributed by atoms with Crippen LogP contribution in [0.15, 0.2) is 16.7 Å². The number of fused-ring (bicyclic) bond motifs is 1. The zero-order chi connectivity index (χ0) is 12.5. The summed E-state index contributed by atoms with van der Waals surface area (Å²) in [6.07, 6.45) is 6.18. The van der Waals surface area contributed by atoms with Gasteiger partial charge in [-0.15, -0.1) is 0 Å². The zero-order valence-electron chi connectivity index (χ0n) is 10.8. The Balaban J connectivity index is 1.83. The monoisotopic (exact) mass is 309 g/mol. The minimum atomic E-state index is 0.883. The molecule has 18 heavy (non-hydrogen) atoms. The zero-order valence-corrected chi connectivity index (χ0v) is 12.4. The summed E-state index contributed by atoms with van der Waals surface area (Å²) in [5, 5.41) is 3.24. The second-order valence-electron chi connectivity index (χ2n) is 5.52. The summed E-state index contributed by atoms with van der Waals surface area (Å²) in [4.78, 5) is 7.14. The molecule has 1 aromatic rings. The van der Waals surface area contributed by atoms with E-state index in [1.54, 1.807) is 0 Å². The second-order valence-corrected chi connectivity index (χ2v) is 6.44. The first-order valence-electron chi connectivity index (χ1n) is 6.82. The van der Waals surface area contributed by atoms with Gasteiger partial charge in [0.2, 0.25) is 0 Å². The number of rotatable bonds is 3. The highest BCUT2D eigenvalue weighted by Crippen LogP contribution is 2.39. The van der Waals surface area contributed by atoms with Crippen LogP contribution in [0, 0.1) is 11.8 Å². The Morgan fingerprint density at radius 1 is 1.39 bits per heavy atom. The number of hydrogen-bond acceptors (Lipinski definition) is 3. The quantitative estimate of drug-likeness (QED) is 0.930. The number of aromatic nitrogens is 1. The Hall–Kier alpha value is -0.610. The Morgan fingerprint density at radius 3 is 2.78 bits per heavy atom. The fourth-order valence-electron chi connectivity index (χ4n) is 3.49. The van der Waals surface area contributed by atoms with E-state index in [0.717, 1.165) is 22.9 Å². The van der Waals surface area contributed by atoms with Gasteiger partial charge in [0.1, 0.15) is 5.82 Å². The minimum absolute atomic E-state index is 0.883. The van der Waals surface area contributed by atoms with Crippen molar-refractivity contribution in [3.63, 3.8) is 0 Å². The van der Waals surface area contributed by atoms with E-state index in [9.17, 15) is 0 Å². The minimum Gasteiger partial charge on any atom is -0.356 e. The van der Waals surface area contributed by atoms with Crippen molar-refractivity contribution in [3.05, 3.63) is 22.3 Å². The van der Waals surface area contributed by atoms with E-state index < -0.39 is 0 Å². The molecule has 2 fully saturated rings. The maximum Gasteiger partial charge on any atom is 0.133 e. The molecule has 1 aromatic heterocycles. The van der Waals surface area contributed by atoms with Crippen molar-refractivity contribution in [2.24, 2.45) is 11.8 Å². The number of hydrogen-bond donors (Lipinski definition) is 1. The summed E-state index contributed by atoms with van der Waals surface area (Å²) < 4.78 is 1.07. The summed E-state index contributed by atoms with van der Waals surface area (Å²) >= 11 is 3.51. The van der Waals surface area contributed by atoms with E-state index in [1.165, 1.54) is 43.7 Å². The molecule has 1 saturated carbocycles. The van der Waals surface area contributed by atoms with Gasteiger partial charge < -0.3 is 10.2 Å². The lowest BCUT2D eigenvalue weighted by molar-refractivity contribution is 0.494. The van der Waals surface area contributed by atoms with Gasteiger partial charge in [0.15, 0.2) is 0 Å². The fraction of sp³-hybridized carbons (Fsp3) is 0.643. The third-order valence-electron chi connectivity index (χ3n) is 4.30. The van der Waals surface area contributed by atoms with Gasteiger partial charge in [-0.25, -0.2) is 4.98 Å². The predicted molar refractivity (Wildman–Crippen MR) is 77.7 cm³/mol. The van der Waals surface area contributed by atoms with Crippen molar-refractivity contribution in [3.8, 4) is 0 Å². The maximum atomic E-state index is 4.65. The van der Waals surface area contributed by atoms with Crippen molar-refractivity contribution in [1.82, 2.24) is 10.3 Å². The van der Waals surface area contributed by atoms with Crippen LogP contribution in [-0.4, -0.2) is 25.1 Å². The number of pyridine rings is 1. The van der Waals surface area contributed by atoms with Crippen LogP contribution in [0.1, 0.15) is 24.8 Å². The molecule has 2 unspecified atom stereocenters. The number of nitrogens with zero attached hydrogens (tertiary/aromatic N) is 2. The van der Waals surface area contributed by atoms with Crippen LogP contribution in [0.2, 0.25) is 0 Å². The van der Waals surface area contributed by atoms with Crippen LogP contribution in [-0.2, 0) is 6.54 Å². The predicted octanol–water partition coefficient (Wildman–Crippen LogP) is 2.80. The molecule has 2 aliphatic rings. The number of nitrogens with one attached hydrogen (secondary N) is 1. The van der Waals surface area contributed by atoms with Gasteiger partial charge in [0.25, 0.3) is 0 Å². The average Bonchev–Trinajstić information content (AvgIpc) is 2.90. The molecule has 3 nitrogen and oxygen atoms in total. The van der Waals surface area contributed by atoms with Gasteiger partial charge in [-0.05, 0) is 53.7 Å². The van der Waals surface area contributed by atoms with E-state index in [1.807, 2.05) is 13.2 Å². The van der Waals surface area contributed by atoms with E-state index >= 15 is 0 Å². The molecular weight excluding hydrogens is 290 g/mol. The molecule has 1 N–H and O–H groups in total. The van der Waals surface area contributed by atoms with Gasteiger partial charge in [0, 0.05) is 35.9 Å². The van der Waals surface area contributed by atoms with Crippen LogP contribution < -0.4 is 10.2 Å². The lowest BCUT2D eigenvalue weighted by Gasteiger charge is -2.21. The van der Waals surface area contributed by atoms with Crippen LogP contribution in [0.4, 0.5) is 5.82 Å². The SMILES string of the molecule is CNCc1cc(Br)cnc1N1CC2CCCC2C1. The summed E-state index contributed by atoms with van der Waals surface area (Å²) in [7, 11) is 1.99. The molecule has 0 amide bonds. The smallest absolute Gasteiger partial charge is 0.133 e. The Morgan fingerprint density at radius 2 is 2.11 bits per heavy atom. The first kappa shape index (κ1) is 12.4. The molecule has 3 rings (SSSR count). The van der Waals surface area contributed by atoms with Crippen molar-refractivity contribution < 1.29 is 0 Å². The molecular formula is C14H20BrN3. The summed E-state index contributed by atoms with van der Waals surface area (Å²) in [5.74, 6) is 3.01. The molecule has 98 valence electrons. The standard InChI is InChI=1S/C14H20BrN3/c1-16-6-12-5-13(15)7-17-14(12)18-8-10-3-2-4-11(10)9-18/h5,7,10-11,16H,2-4,6,8-9H2,1H3. The summed E-state index contributed by atoms with van der Waals surface area (Å²) in [5.41, 5.74) is 1.30. The van der Waals surface area contributed by atoms with E-state index in [0.29, 0.717) is 0 Å². The first-order valence-corrected chi connectivity index (χ1v) is 7.61. The Kier molecular flexibility index (Phi) is 3.57. The highest BCUT2D eigenvalue weighted by atomic mass is 79.9. The van der Waals surface area contributed by atoms with E-state index in [-0.39, 0.29) is 0 Å². The van der Waals surface area contributed by atoms with Gasteiger partial charge in [-0.1, -0.05) is 6.42 Å². The Labute approximate surface area is 117 Å². The molecule has 2 atom stereocenters. The normalized spacial score (nSPS) is 26.7. The molecule has 0 radical (unpaired) electrons. The molecule has 0 aromatic carbocycles. The van der Waals surface area contributed by atoms with Crippen LogP contribution in [0.3, 0.4) is 0 Å². The lowest BCUT2D eigenvalue weighted by Crippen LogP contribution is -2.24. The van der Waals surface area contributed by atoms with Gasteiger partial charge in [-0.2, -0.15) is 0 Å². The first-order chi connectivity index (χ1) is 8.78. The molecule has 2 heterocycles. The molecule has 1 aliphatic heterocycles. The van der Waals surface area contributed by atoms with Gasteiger partial charge >= 0.3 is 0 Å². The highest BCUT2D eigenvalue weighted by Gasteiger charge is 2.37. The third kappa shape index (κ3) is 2.28. The van der Waals surface area contributed by atoms with Crippen LogP contribution in [0.25, 0.3) is 0 Å². The average molecular weight is 310 g/mol. The van der Waals surface area contributed by atoms with Crippen molar-refractivity contribution in [1.29, 1.82) is 0 Å². The van der Waals surface area contributed by atoms with E-state index in [2.05, 4.69) is 37.2 Å². The van der Waals surface area contributed by atoms with E-state index in [4.69, 9.17) is 0 Å². The molecule has 0 spiro atoms. The highest BCUT2D eigenvalue weighted by molar-refractivity contribution is 9.10. The van der Waals surface area contributed by atoms with Crippen molar-refractivity contribution in [2.45, 2.75) is 25.8 Å². The molecule has 4 heteroatoms. The van der Waals surface area contributed by atoms with Crippen molar-refractivity contribution >= 4 is 21.7 Å². The van der Waals surface area contributed by atoms with Gasteiger partial charge in [0.05, 0.1) is 0 Å². The van der Waals surface area contributed by atoms with Crippen molar-refractivity contribution in [2.75, 3.05) is 25.0 Å². The molecule has 0 bridgehead atoms. The molecule has 1 saturated heterocycles. The number of halogens is 1. The van der Waals surface area contributed by atoms with Gasteiger partial charge in [-0.3, -0.25) is 0 Å². The molecule has 1 aliphatic carbocycles. The van der Waals surface area contributed by atoms with Crippen LogP contribution >= 0.6 is 15.9 Å². The fourth-order valence-corrected chi connectivity index (χ4v) is 3.87. The lowest BCUT2D eigenvalue weighted by atomic mass is 10.0. The largest absolute Gasteiger partial charge is 0.356 e. The maximum absolute atomic E-state index is 4.65. The third-order valence-corrected chi connectivity index (χ3v) is 4.74.